The number of pyridine rings is 1. The molecule has 1 atom stereocenters. The molecule has 0 bridgehead atoms. The Labute approximate surface area is 217 Å². The van der Waals surface area contributed by atoms with Crippen LogP contribution < -0.4 is 15.2 Å². The van der Waals surface area contributed by atoms with Gasteiger partial charge in [-0.15, -0.1) is 0 Å². The number of nitrogens with zero attached hydrogens (tertiary/aromatic N) is 3. The first-order chi connectivity index (χ1) is 17.9. The summed E-state index contributed by atoms with van der Waals surface area (Å²) in [5.41, 5.74) is 3.54. The maximum atomic E-state index is 13.6. The van der Waals surface area contributed by atoms with Crippen molar-refractivity contribution in [2.75, 3.05) is 18.7 Å². The van der Waals surface area contributed by atoms with E-state index < -0.39 is 0 Å². The molecule has 0 radical (unpaired) electrons. The third kappa shape index (κ3) is 5.05. The maximum absolute atomic E-state index is 13.6. The minimum absolute atomic E-state index is 0.00516. The van der Waals surface area contributed by atoms with E-state index in [0.717, 1.165) is 16.7 Å². The van der Waals surface area contributed by atoms with Crippen LogP contribution in [0.25, 0.3) is 5.57 Å². The van der Waals surface area contributed by atoms with Gasteiger partial charge in [-0.05, 0) is 29.2 Å². The third-order valence-corrected chi connectivity index (χ3v) is 6.29. The Morgan fingerprint density at radius 2 is 1.70 bits per heavy atom. The first-order valence-corrected chi connectivity index (χ1v) is 12.0. The molecule has 3 aromatic rings. The van der Waals surface area contributed by atoms with E-state index in [1.54, 1.807) is 41.9 Å². The summed E-state index contributed by atoms with van der Waals surface area (Å²) >= 11 is 0. The zero-order valence-electron chi connectivity index (χ0n) is 21.3. The zero-order valence-corrected chi connectivity index (χ0v) is 21.3. The van der Waals surface area contributed by atoms with Crippen LogP contribution in [-0.4, -0.2) is 29.2 Å². The van der Waals surface area contributed by atoms with Crippen LogP contribution in [0.5, 0.6) is 5.75 Å². The normalized spacial score (nSPS) is 14.1. The van der Waals surface area contributed by atoms with Gasteiger partial charge in [0.15, 0.2) is 11.4 Å². The third-order valence-electron chi connectivity index (χ3n) is 6.29. The van der Waals surface area contributed by atoms with Gasteiger partial charge in [0.05, 0.1) is 6.04 Å². The summed E-state index contributed by atoms with van der Waals surface area (Å²) in [5.74, 6) is -0.296. The maximum Gasteiger partial charge on any atom is 0.277 e. The van der Waals surface area contributed by atoms with Crippen LogP contribution >= 0.6 is 0 Å². The average Bonchev–Trinajstić information content (AvgIpc) is 2.91. The molecule has 0 N–H and O–H groups in total. The smallest absolute Gasteiger partial charge is 0.277 e. The van der Waals surface area contributed by atoms with Crippen molar-refractivity contribution in [2.24, 2.45) is 0 Å². The van der Waals surface area contributed by atoms with E-state index in [0.29, 0.717) is 11.1 Å². The van der Waals surface area contributed by atoms with Crippen LogP contribution in [0.1, 0.15) is 40.1 Å². The Kier molecular flexibility index (Phi) is 7.58. The number of carbonyl (C=O) groups is 1. The van der Waals surface area contributed by atoms with Gasteiger partial charge in [0, 0.05) is 18.8 Å². The Balaban J connectivity index is 1.96. The van der Waals surface area contributed by atoms with Crippen molar-refractivity contribution in [1.82, 2.24) is 9.58 Å². The predicted octanol–water partition coefficient (Wildman–Crippen LogP) is 5.48. The van der Waals surface area contributed by atoms with Crippen molar-refractivity contribution in [2.45, 2.75) is 19.6 Å². The summed E-state index contributed by atoms with van der Waals surface area (Å²) in [6.45, 7) is 14.1. The number of amides is 1. The molecule has 1 amide bonds. The summed E-state index contributed by atoms with van der Waals surface area (Å²) in [4.78, 5) is 28.7. The lowest BCUT2D eigenvalue weighted by Gasteiger charge is -2.43. The van der Waals surface area contributed by atoms with E-state index in [2.05, 4.69) is 19.7 Å². The molecule has 6 nitrogen and oxygen atoms in total. The first-order valence-electron chi connectivity index (χ1n) is 12.0. The molecular weight excluding hydrogens is 462 g/mol. The lowest BCUT2D eigenvalue weighted by molar-refractivity contribution is 0.0723. The van der Waals surface area contributed by atoms with Crippen molar-refractivity contribution in [1.29, 1.82) is 0 Å². The topological polar surface area (TPSA) is 54.8 Å². The lowest BCUT2D eigenvalue weighted by Crippen LogP contribution is -2.54. The molecule has 0 spiro atoms. The summed E-state index contributed by atoms with van der Waals surface area (Å²) in [6, 6.07) is 19.2. The average molecular weight is 494 g/mol. The fourth-order valence-electron chi connectivity index (χ4n) is 4.46. The van der Waals surface area contributed by atoms with Crippen LogP contribution in [-0.2, 0) is 6.61 Å². The van der Waals surface area contributed by atoms with Gasteiger partial charge in [0.1, 0.15) is 13.3 Å². The Morgan fingerprint density at radius 3 is 2.30 bits per heavy atom. The van der Waals surface area contributed by atoms with Crippen LogP contribution in [0.4, 0.5) is 0 Å². The van der Waals surface area contributed by atoms with Gasteiger partial charge in [0.2, 0.25) is 5.43 Å². The van der Waals surface area contributed by atoms with Crippen LogP contribution in [0.15, 0.2) is 115 Å². The summed E-state index contributed by atoms with van der Waals surface area (Å²) < 4.78 is 7.84. The van der Waals surface area contributed by atoms with E-state index in [-0.39, 0.29) is 42.1 Å². The number of fused-ring (bicyclic) bond motifs is 1. The predicted molar refractivity (Wildman–Crippen MR) is 149 cm³/mol. The standard InChI is InChI=1S/C31H31N3O3/c1-6-14-24(7-2)27(25-17-12-9-13-18-25)34-21-32(5)31(36)28-30(37-20-23-15-10-8-11-16-23)29(35)26(22(3)4)19-33(28)34/h6-19,27H,1-3,20-21H2,4-5H3/b24-14+. The Hall–Kier alpha value is -4.58. The van der Waals surface area contributed by atoms with Crippen LogP contribution in [0.3, 0.4) is 0 Å². The number of ether oxygens (including phenoxy) is 1. The lowest BCUT2D eigenvalue weighted by atomic mass is 9.97. The van der Waals surface area contributed by atoms with Crippen molar-refractivity contribution in [3.63, 3.8) is 0 Å². The molecular formula is C31H31N3O3. The molecule has 2 heterocycles. The molecule has 0 saturated heterocycles. The van der Waals surface area contributed by atoms with E-state index in [1.165, 1.54) is 0 Å². The molecule has 1 aliphatic heterocycles. The van der Waals surface area contributed by atoms with E-state index in [9.17, 15) is 9.59 Å². The highest BCUT2D eigenvalue weighted by Gasteiger charge is 2.36. The van der Waals surface area contributed by atoms with Gasteiger partial charge < -0.3 is 9.64 Å². The molecule has 1 aromatic heterocycles. The Morgan fingerprint density at radius 1 is 1.05 bits per heavy atom. The molecule has 188 valence electrons. The van der Waals surface area contributed by atoms with Gasteiger partial charge in [-0.25, -0.2) is 0 Å². The van der Waals surface area contributed by atoms with Crippen molar-refractivity contribution >= 4 is 11.5 Å². The Bertz CT molecular complexity index is 1420. The molecule has 0 aliphatic carbocycles. The number of hydrogen-bond donors (Lipinski definition) is 0. The number of rotatable bonds is 9. The highest BCUT2D eigenvalue weighted by Crippen LogP contribution is 2.33. The molecule has 1 unspecified atom stereocenters. The molecule has 0 saturated carbocycles. The SMILES string of the molecule is C=C/C=C(\C=C)C(c1ccccc1)N1CN(C)C(=O)c2c(OCc3ccccc3)c(=O)c(C(=C)C)cn21. The molecule has 2 aromatic carbocycles. The number of aromatic nitrogens is 1. The second kappa shape index (κ2) is 11.0. The molecule has 1 aliphatic rings. The van der Waals surface area contributed by atoms with E-state index >= 15 is 0 Å². The van der Waals surface area contributed by atoms with Gasteiger partial charge in [-0.3, -0.25) is 19.3 Å². The summed E-state index contributed by atoms with van der Waals surface area (Å²) in [6.07, 6.45) is 7.08. The minimum Gasteiger partial charge on any atom is -0.482 e. The molecule has 4 rings (SSSR count). The van der Waals surface area contributed by atoms with Crippen LogP contribution in [0, 0.1) is 0 Å². The summed E-state index contributed by atoms with van der Waals surface area (Å²) in [7, 11) is 1.71. The van der Waals surface area contributed by atoms with Gasteiger partial charge in [-0.2, -0.15) is 0 Å². The summed E-state index contributed by atoms with van der Waals surface area (Å²) in [5, 5.41) is 2.02. The molecule has 0 fully saturated rings. The molecule has 37 heavy (non-hydrogen) atoms. The highest BCUT2D eigenvalue weighted by molar-refractivity contribution is 5.96. The number of hydrogen-bond acceptors (Lipinski definition) is 4. The number of allylic oxidation sites excluding steroid dienone is 3. The molecule has 6 heteroatoms. The monoisotopic (exact) mass is 493 g/mol. The fourth-order valence-corrected chi connectivity index (χ4v) is 4.46. The highest BCUT2D eigenvalue weighted by atomic mass is 16.5. The first kappa shape index (κ1) is 25.5. The van der Waals surface area contributed by atoms with Crippen molar-refractivity contribution in [3.8, 4) is 5.75 Å². The quantitative estimate of drug-likeness (QED) is 0.371. The second-order valence-corrected chi connectivity index (χ2v) is 8.95. The van der Waals surface area contributed by atoms with Gasteiger partial charge in [0.25, 0.3) is 5.91 Å². The van der Waals surface area contributed by atoms with E-state index in [4.69, 9.17) is 4.74 Å². The van der Waals surface area contributed by atoms with Gasteiger partial charge >= 0.3 is 0 Å². The minimum atomic E-state index is -0.361. The van der Waals surface area contributed by atoms with Crippen molar-refractivity contribution in [3.05, 3.63) is 143 Å². The number of carbonyl (C=O) groups excluding carboxylic acids is 1. The zero-order chi connectivity index (χ0) is 26.5. The van der Waals surface area contributed by atoms with Gasteiger partial charge in [-0.1, -0.05) is 98.6 Å². The van der Waals surface area contributed by atoms with Crippen LogP contribution in [0.2, 0.25) is 0 Å². The number of benzene rings is 2. The van der Waals surface area contributed by atoms with Crippen molar-refractivity contribution < 1.29 is 9.53 Å². The fraction of sp³-hybridized carbons (Fsp3) is 0.161. The largest absolute Gasteiger partial charge is 0.482 e. The van der Waals surface area contributed by atoms with E-state index in [1.807, 2.05) is 71.7 Å². The second-order valence-electron chi connectivity index (χ2n) is 8.95.